The molecule has 0 aliphatic rings. The van der Waals surface area contributed by atoms with Crippen LogP contribution in [0.3, 0.4) is 0 Å². The van der Waals surface area contributed by atoms with Gasteiger partial charge in [-0.15, -0.1) is 11.6 Å². The summed E-state index contributed by atoms with van der Waals surface area (Å²) in [6.07, 6.45) is 0.198. The summed E-state index contributed by atoms with van der Waals surface area (Å²) in [6.45, 7) is 4.68. The molecule has 1 amide bonds. The van der Waals surface area contributed by atoms with Crippen LogP contribution in [-0.4, -0.2) is 27.9 Å². The summed E-state index contributed by atoms with van der Waals surface area (Å²) in [5.41, 5.74) is 0. The molecule has 0 saturated carbocycles. The Labute approximate surface area is 82.3 Å². The van der Waals surface area contributed by atoms with Crippen LogP contribution < -0.4 is 5.32 Å². The predicted molar refractivity (Wildman–Crippen MR) is 49.8 cm³/mol. The minimum Gasteiger partial charge on any atom is -0.480 e. The molecule has 0 aliphatic carbocycles. The Bertz CT molecular complexity index is 210. The van der Waals surface area contributed by atoms with Crippen molar-refractivity contribution in [2.75, 3.05) is 0 Å². The Balaban J connectivity index is 4.27. The molecule has 1 atom stereocenters. The van der Waals surface area contributed by atoms with Crippen LogP contribution in [0.1, 0.15) is 27.2 Å². The second kappa shape index (κ2) is 4.46. The first-order valence-corrected chi connectivity index (χ1v) is 4.29. The summed E-state index contributed by atoms with van der Waals surface area (Å²) in [4.78, 5) is 20.6. The van der Waals surface area contributed by atoms with Crippen molar-refractivity contribution in [3.63, 3.8) is 0 Å². The molecule has 0 heterocycles. The lowest BCUT2D eigenvalue weighted by molar-refractivity contribution is -0.141. The van der Waals surface area contributed by atoms with Gasteiger partial charge in [0.05, 0.1) is 0 Å². The van der Waals surface area contributed by atoms with Gasteiger partial charge in [-0.1, -0.05) is 0 Å². The topological polar surface area (TPSA) is 66.4 Å². The van der Waals surface area contributed by atoms with E-state index in [2.05, 4.69) is 5.32 Å². The smallest absolute Gasteiger partial charge is 0.326 e. The zero-order chi connectivity index (χ0) is 10.6. The van der Waals surface area contributed by atoms with Crippen molar-refractivity contribution in [1.82, 2.24) is 5.32 Å². The molecule has 0 fully saturated rings. The van der Waals surface area contributed by atoms with Crippen molar-refractivity contribution in [2.45, 2.75) is 38.1 Å². The first kappa shape index (κ1) is 12.2. The van der Waals surface area contributed by atoms with E-state index in [9.17, 15) is 9.59 Å². The van der Waals surface area contributed by atoms with E-state index in [0.717, 1.165) is 0 Å². The van der Waals surface area contributed by atoms with E-state index in [1.54, 1.807) is 13.8 Å². The lowest BCUT2D eigenvalue weighted by Crippen LogP contribution is -2.42. The van der Waals surface area contributed by atoms with E-state index in [-0.39, 0.29) is 12.3 Å². The van der Waals surface area contributed by atoms with Crippen LogP contribution in [0.5, 0.6) is 0 Å². The summed E-state index contributed by atoms with van der Waals surface area (Å²) >= 11 is 5.84. The fraction of sp³-hybridized carbons (Fsp3) is 0.750. The first-order chi connectivity index (χ1) is 5.72. The first-order valence-electron chi connectivity index (χ1n) is 3.91. The Kier molecular flexibility index (Phi) is 4.20. The lowest BCUT2D eigenvalue weighted by Gasteiger charge is -2.21. The molecule has 0 spiro atoms. The van der Waals surface area contributed by atoms with Crippen LogP contribution in [0.2, 0.25) is 0 Å². The number of hydrogen-bond donors (Lipinski definition) is 2. The lowest BCUT2D eigenvalue weighted by atomic mass is 10.0. The van der Waals surface area contributed by atoms with E-state index in [1.807, 2.05) is 0 Å². The molecule has 0 radical (unpaired) electrons. The van der Waals surface area contributed by atoms with Gasteiger partial charge < -0.3 is 10.4 Å². The summed E-state index contributed by atoms with van der Waals surface area (Å²) < 4.78 is 0. The van der Waals surface area contributed by atoms with E-state index in [4.69, 9.17) is 16.7 Å². The number of rotatable bonds is 4. The molecular weight excluding hydrogens is 194 g/mol. The van der Waals surface area contributed by atoms with Gasteiger partial charge in [0.15, 0.2) is 0 Å². The monoisotopic (exact) mass is 207 g/mol. The average Bonchev–Trinajstić information content (AvgIpc) is 1.81. The maximum Gasteiger partial charge on any atom is 0.326 e. The summed E-state index contributed by atoms with van der Waals surface area (Å²) in [7, 11) is 0. The second-order valence-corrected chi connectivity index (χ2v) is 4.54. The van der Waals surface area contributed by atoms with Crippen molar-refractivity contribution >= 4 is 23.5 Å². The highest BCUT2D eigenvalue weighted by atomic mass is 35.5. The molecule has 0 aromatic rings. The summed E-state index contributed by atoms with van der Waals surface area (Å²) in [5, 5.41) is 11.0. The van der Waals surface area contributed by atoms with E-state index in [0.29, 0.717) is 0 Å². The maximum absolute atomic E-state index is 10.6. The Hall–Kier alpha value is -0.770. The Morgan fingerprint density at radius 1 is 1.54 bits per heavy atom. The fourth-order valence-electron chi connectivity index (χ4n) is 0.931. The molecule has 76 valence electrons. The third-order valence-electron chi connectivity index (χ3n) is 1.37. The predicted octanol–water partition coefficient (Wildman–Crippen LogP) is 0.983. The van der Waals surface area contributed by atoms with Crippen molar-refractivity contribution in [1.29, 1.82) is 0 Å². The minimum atomic E-state index is -1.07. The van der Waals surface area contributed by atoms with Crippen molar-refractivity contribution in [3.8, 4) is 0 Å². The van der Waals surface area contributed by atoms with Gasteiger partial charge in [0, 0.05) is 11.8 Å². The molecule has 0 saturated heterocycles. The quantitative estimate of drug-likeness (QED) is 0.676. The normalized spacial score (nSPS) is 13.5. The Morgan fingerprint density at radius 3 is 2.23 bits per heavy atom. The largest absolute Gasteiger partial charge is 0.480 e. The number of amides is 1. The highest BCUT2D eigenvalue weighted by Crippen LogP contribution is 2.19. The van der Waals surface area contributed by atoms with Gasteiger partial charge >= 0.3 is 5.97 Å². The van der Waals surface area contributed by atoms with Crippen molar-refractivity contribution < 1.29 is 14.7 Å². The molecule has 4 nitrogen and oxygen atoms in total. The van der Waals surface area contributed by atoms with Crippen LogP contribution in [0.4, 0.5) is 0 Å². The van der Waals surface area contributed by atoms with Gasteiger partial charge in [-0.2, -0.15) is 0 Å². The van der Waals surface area contributed by atoms with Gasteiger partial charge in [0.2, 0.25) is 5.91 Å². The summed E-state index contributed by atoms with van der Waals surface area (Å²) in [6, 6.07) is -0.912. The molecule has 0 aromatic carbocycles. The van der Waals surface area contributed by atoms with Gasteiger partial charge in [-0.3, -0.25) is 4.79 Å². The molecular formula is C8H14ClNO3. The van der Waals surface area contributed by atoms with Crippen LogP contribution >= 0.6 is 11.6 Å². The van der Waals surface area contributed by atoms with Crippen molar-refractivity contribution in [2.24, 2.45) is 0 Å². The maximum atomic E-state index is 10.6. The highest BCUT2D eigenvalue weighted by molar-refractivity contribution is 6.23. The molecule has 0 rings (SSSR count). The fourth-order valence-corrected chi connectivity index (χ4v) is 1.09. The van der Waals surface area contributed by atoms with Gasteiger partial charge in [-0.05, 0) is 20.3 Å². The number of carbonyl (C=O) groups excluding carboxylic acids is 1. The molecule has 0 aromatic heterocycles. The number of carbonyl (C=O) groups is 2. The molecule has 13 heavy (non-hydrogen) atoms. The number of carboxylic acid groups (broad SMARTS) is 1. The number of aliphatic carboxylic acids is 1. The summed E-state index contributed by atoms with van der Waals surface area (Å²) in [5.74, 6) is -1.43. The second-order valence-electron chi connectivity index (χ2n) is 3.51. The van der Waals surface area contributed by atoms with Gasteiger partial charge in [-0.25, -0.2) is 4.79 Å². The minimum absolute atomic E-state index is 0.198. The van der Waals surface area contributed by atoms with Crippen LogP contribution in [0.25, 0.3) is 0 Å². The third-order valence-corrected chi connectivity index (χ3v) is 1.52. The van der Waals surface area contributed by atoms with Crippen LogP contribution in [0.15, 0.2) is 0 Å². The SMILES string of the molecule is CC(=O)NC(CC(C)(C)Cl)C(=O)O. The van der Waals surface area contributed by atoms with Gasteiger partial charge in [0.25, 0.3) is 0 Å². The van der Waals surface area contributed by atoms with Crippen molar-refractivity contribution in [3.05, 3.63) is 0 Å². The number of halogens is 1. The zero-order valence-corrected chi connectivity index (χ0v) is 8.68. The van der Waals surface area contributed by atoms with E-state index >= 15 is 0 Å². The number of nitrogens with one attached hydrogen (secondary N) is 1. The number of alkyl halides is 1. The average molecular weight is 208 g/mol. The zero-order valence-electron chi connectivity index (χ0n) is 7.93. The van der Waals surface area contributed by atoms with Crippen LogP contribution in [-0.2, 0) is 9.59 Å². The number of hydrogen-bond acceptors (Lipinski definition) is 2. The third kappa shape index (κ3) is 6.40. The molecule has 1 unspecified atom stereocenters. The molecule has 2 N–H and O–H groups in total. The molecule has 0 bridgehead atoms. The number of carboxylic acids is 1. The standard InChI is InChI=1S/C8H14ClNO3/c1-5(11)10-6(7(12)13)4-8(2,3)9/h6H,4H2,1-3H3,(H,10,11)(H,12,13). The van der Waals surface area contributed by atoms with Gasteiger partial charge in [0.1, 0.15) is 6.04 Å². The molecule has 5 heteroatoms. The van der Waals surface area contributed by atoms with E-state index in [1.165, 1.54) is 6.92 Å². The highest BCUT2D eigenvalue weighted by Gasteiger charge is 2.26. The Morgan fingerprint density at radius 2 is 2.00 bits per heavy atom. The molecule has 0 aliphatic heterocycles. The van der Waals surface area contributed by atoms with Crippen LogP contribution in [0, 0.1) is 0 Å². The van der Waals surface area contributed by atoms with E-state index < -0.39 is 16.9 Å².